The van der Waals surface area contributed by atoms with E-state index in [2.05, 4.69) is 4.98 Å². The molecule has 0 saturated carbocycles. The molecule has 0 atom stereocenters. The molecular weight excluding hydrogens is 176 g/mol. The molecule has 0 saturated heterocycles. The summed E-state index contributed by atoms with van der Waals surface area (Å²) in [5.41, 5.74) is -0.452. The van der Waals surface area contributed by atoms with Gasteiger partial charge in [0.15, 0.2) is 5.75 Å². The van der Waals surface area contributed by atoms with E-state index in [0.29, 0.717) is 0 Å². The maximum atomic E-state index is 12.0. The Balaban J connectivity index is 3.17. The predicted octanol–water partition coefficient (Wildman–Crippen LogP) is 2.38. The number of aromatic nitrogens is 1. The Bertz CT molecular complexity index is 267. The second-order valence-corrected chi connectivity index (χ2v) is 2.24. The summed E-state index contributed by atoms with van der Waals surface area (Å²) in [6.07, 6.45) is -0.775. The highest BCUT2D eigenvalue weighted by atomic mass is 35.5. The van der Waals surface area contributed by atoms with E-state index in [1.807, 2.05) is 0 Å². The molecule has 0 radical (unpaired) electrons. The Morgan fingerprint density at radius 3 is 2.55 bits per heavy atom. The van der Waals surface area contributed by atoms with Gasteiger partial charge in [0.1, 0.15) is 0 Å². The number of alkyl halides is 2. The summed E-state index contributed by atoms with van der Waals surface area (Å²) in [5, 5.41) is 8.48. The summed E-state index contributed by atoms with van der Waals surface area (Å²) in [6.45, 7) is 0. The molecule has 0 aliphatic rings. The van der Waals surface area contributed by atoms with Crippen LogP contribution in [0.2, 0.25) is 5.02 Å². The van der Waals surface area contributed by atoms with Crippen molar-refractivity contribution < 1.29 is 13.9 Å². The summed E-state index contributed by atoms with van der Waals surface area (Å²) in [5.74, 6) is -0.426. The number of aromatic hydroxyl groups is 1. The summed E-state index contributed by atoms with van der Waals surface area (Å²) >= 11 is 5.32. The monoisotopic (exact) mass is 179 g/mol. The van der Waals surface area contributed by atoms with E-state index in [4.69, 9.17) is 16.7 Å². The van der Waals surface area contributed by atoms with Crippen LogP contribution in [-0.2, 0) is 0 Å². The van der Waals surface area contributed by atoms with Crippen LogP contribution in [0.5, 0.6) is 5.75 Å². The molecule has 1 N–H and O–H groups in total. The lowest BCUT2D eigenvalue weighted by Crippen LogP contribution is -1.87. The first kappa shape index (κ1) is 8.20. The number of nitrogens with zero attached hydrogens (tertiary/aromatic N) is 1. The summed E-state index contributed by atoms with van der Waals surface area (Å²) < 4.78 is 23.9. The number of pyridine rings is 1. The average Bonchev–Trinajstić information content (AvgIpc) is 1.94. The molecule has 1 aromatic heterocycles. The van der Waals surface area contributed by atoms with Crippen molar-refractivity contribution in [3.05, 3.63) is 23.0 Å². The van der Waals surface area contributed by atoms with E-state index < -0.39 is 17.7 Å². The van der Waals surface area contributed by atoms with Crippen molar-refractivity contribution in [3.63, 3.8) is 0 Å². The Morgan fingerprint density at radius 2 is 2.09 bits per heavy atom. The van der Waals surface area contributed by atoms with Crippen LogP contribution in [0.4, 0.5) is 8.78 Å². The maximum Gasteiger partial charge on any atom is 0.266 e. The second-order valence-electron chi connectivity index (χ2n) is 1.86. The van der Waals surface area contributed by atoms with Gasteiger partial charge in [0.25, 0.3) is 6.43 Å². The van der Waals surface area contributed by atoms with Crippen LogP contribution in [0.25, 0.3) is 0 Å². The Labute approximate surface area is 66.4 Å². The number of halogens is 3. The van der Waals surface area contributed by atoms with Crippen molar-refractivity contribution in [2.75, 3.05) is 0 Å². The Morgan fingerprint density at radius 1 is 1.45 bits per heavy atom. The van der Waals surface area contributed by atoms with E-state index in [1.54, 1.807) is 0 Å². The second kappa shape index (κ2) is 3.00. The van der Waals surface area contributed by atoms with Gasteiger partial charge >= 0.3 is 0 Å². The van der Waals surface area contributed by atoms with E-state index in [9.17, 15) is 8.78 Å². The molecule has 1 heterocycles. The van der Waals surface area contributed by atoms with Gasteiger partial charge in [-0.2, -0.15) is 0 Å². The molecule has 60 valence electrons. The molecule has 0 fully saturated rings. The lowest BCUT2D eigenvalue weighted by Gasteiger charge is -2.01. The molecule has 0 bridgehead atoms. The van der Waals surface area contributed by atoms with Gasteiger partial charge in [0.2, 0.25) is 0 Å². The Kier molecular flexibility index (Phi) is 2.24. The van der Waals surface area contributed by atoms with Crippen LogP contribution in [0, 0.1) is 0 Å². The van der Waals surface area contributed by atoms with Crippen LogP contribution >= 0.6 is 11.6 Å². The van der Waals surface area contributed by atoms with E-state index >= 15 is 0 Å². The van der Waals surface area contributed by atoms with Gasteiger partial charge < -0.3 is 5.11 Å². The molecule has 0 aromatic carbocycles. The lowest BCUT2D eigenvalue weighted by molar-refractivity contribution is 0.150. The number of hydrogen-bond donors (Lipinski definition) is 1. The standard InChI is InChI=1S/C6H4ClF2NO/c7-5-3(6(8)9)1-10-2-4(5)11/h1-2,6,11H. The third-order valence-corrected chi connectivity index (χ3v) is 1.54. The minimum Gasteiger partial charge on any atom is -0.505 e. The molecule has 1 aromatic rings. The van der Waals surface area contributed by atoms with Crippen LogP contribution in [0.15, 0.2) is 12.4 Å². The van der Waals surface area contributed by atoms with E-state index in [1.165, 1.54) is 0 Å². The van der Waals surface area contributed by atoms with E-state index in [-0.39, 0.29) is 5.02 Å². The zero-order chi connectivity index (χ0) is 8.43. The maximum absolute atomic E-state index is 12.0. The average molecular weight is 180 g/mol. The fourth-order valence-corrected chi connectivity index (χ4v) is 0.782. The fourth-order valence-electron chi connectivity index (χ4n) is 0.602. The van der Waals surface area contributed by atoms with Crippen LogP contribution in [-0.4, -0.2) is 10.1 Å². The third-order valence-electron chi connectivity index (χ3n) is 1.12. The quantitative estimate of drug-likeness (QED) is 0.718. The van der Waals surface area contributed by atoms with Crippen molar-refractivity contribution in [1.29, 1.82) is 0 Å². The highest BCUT2D eigenvalue weighted by Crippen LogP contribution is 2.31. The molecule has 11 heavy (non-hydrogen) atoms. The van der Waals surface area contributed by atoms with Gasteiger partial charge in [-0.05, 0) is 0 Å². The lowest BCUT2D eigenvalue weighted by atomic mass is 10.3. The first-order chi connectivity index (χ1) is 5.13. The van der Waals surface area contributed by atoms with Crippen LogP contribution in [0.3, 0.4) is 0 Å². The normalized spacial score (nSPS) is 10.5. The first-order valence-corrected chi connectivity index (χ1v) is 3.11. The minimum atomic E-state index is -2.71. The summed E-state index contributed by atoms with van der Waals surface area (Å²) in [4.78, 5) is 3.35. The summed E-state index contributed by atoms with van der Waals surface area (Å²) in [6, 6.07) is 0. The van der Waals surface area contributed by atoms with Crippen molar-refractivity contribution >= 4 is 11.6 Å². The van der Waals surface area contributed by atoms with Crippen molar-refractivity contribution in [2.24, 2.45) is 0 Å². The van der Waals surface area contributed by atoms with Gasteiger partial charge in [-0.25, -0.2) is 8.78 Å². The first-order valence-electron chi connectivity index (χ1n) is 2.73. The van der Waals surface area contributed by atoms with Crippen molar-refractivity contribution in [2.45, 2.75) is 6.43 Å². The van der Waals surface area contributed by atoms with Crippen molar-refractivity contribution in [1.82, 2.24) is 4.98 Å². The molecule has 5 heteroatoms. The fraction of sp³-hybridized carbons (Fsp3) is 0.167. The molecule has 0 aliphatic heterocycles. The van der Waals surface area contributed by atoms with Crippen LogP contribution in [0.1, 0.15) is 12.0 Å². The summed E-state index contributed by atoms with van der Waals surface area (Å²) in [7, 11) is 0. The number of rotatable bonds is 1. The van der Waals surface area contributed by atoms with Gasteiger partial charge in [0, 0.05) is 6.20 Å². The van der Waals surface area contributed by atoms with Gasteiger partial charge in [-0.1, -0.05) is 11.6 Å². The Hall–Kier alpha value is -0.900. The molecule has 0 amide bonds. The molecule has 1 rings (SSSR count). The zero-order valence-corrected chi connectivity index (χ0v) is 6.02. The molecule has 0 spiro atoms. The SMILES string of the molecule is Oc1cncc(C(F)F)c1Cl. The van der Waals surface area contributed by atoms with Crippen molar-refractivity contribution in [3.8, 4) is 5.75 Å². The van der Waals surface area contributed by atoms with Gasteiger partial charge in [0.05, 0.1) is 16.8 Å². The minimum absolute atomic E-state index is 0.338. The molecule has 0 unspecified atom stereocenters. The molecular formula is C6H4ClF2NO. The van der Waals surface area contributed by atoms with E-state index in [0.717, 1.165) is 12.4 Å². The highest BCUT2D eigenvalue weighted by molar-refractivity contribution is 6.32. The topological polar surface area (TPSA) is 33.1 Å². The van der Waals surface area contributed by atoms with Gasteiger partial charge in [-0.15, -0.1) is 0 Å². The molecule has 0 aliphatic carbocycles. The largest absolute Gasteiger partial charge is 0.505 e. The zero-order valence-electron chi connectivity index (χ0n) is 5.26. The highest BCUT2D eigenvalue weighted by Gasteiger charge is 2.14. The smallest absolute Gasteiger partial charge is 0.266 e. The molecule has 2 nitrogen and oxygen atoms in total. The third kappa shape index (κ3) is 1.57. The van der Waals surface area contributed by atoms with Crippen LogP contribution < -0.4 is 0 Å². The predicted molar refractivity (Wildman–Crippen MR) is 35.9 cm³/mol. The number of hydrogen-bond acceptors (Lipinski definition) is 2. The van der Waals surface area contributed by atoms with Gasteiger partial charge in [-0.3, -0.25) is 4.98 Å².